The standard InChI is InChI=1S/C11H12ClNS2/c1-8-5-14-7-10(8)11-13-9(6-15-11)3-2-4-12/h5-7H,2-4H2,1H3. The lowest BCUT2D eigenvalue weighted by atomic mass is 10.2. The fourth-order valence-electron chi connectivity index (χ4n) is 1.37. The molecule has 0 N–H and O–H groups in total. The molecule has 0 saturated carbocycles. The monoisotopic (exact) mass is 257 g/mol. The van der Waals surface area contributed by atoms with Crippen molar-refractivity contribution in [3.05, 3.63) is 27.4 Å². The molecule has 0 saturated heterocycles. The molecule has 0 aromatic carbocycles. The molecule has 2 rings (SSSR count). The van der Waals surface area contributed by atoms with E-state index >= 15 is 0 Å². The number of aryl methyl sites for hydroxylation is 2. The van der Waals surface area contributed by atoms with Crippen LogP contribution in [0.5, 0.6) is 0 Å². The summed E-state index contributed by atoms with van der Waals surface area (Å²) in [6.07, 6.45) is 2.00. The van der Waals surface area contributed by atoms with Crippen LogP contribution < -0.4 is 0 Å². The van der Waals surface area contributed by atoms with Gasteiger partial charge in [-0.25, -0.2) is 4.98 Å². The highest BCUT2D eigenvalue weighted by Crippen LogP contribution is 2.29. The molecule has 0 unspecified atom stereocenters. The number of alkyl halides is 1. The molecule has 0 aliphatic rings. The highest BCUT2D eigenvalue weighted by atomic mass is 35.5. The summed E-state index contributed by atoms with van der Waals surface area (Å²) < 4.78 is 0. The zero-order valence-electron chi connectivity index (χ0n) is 8.50. The van der Waals surface area contributed by atoms with E-state index in [9.17, 15) is 0 Å². The van der Waals surface area contributed by atoms with Crippen LogP contribution >= 0.6 is 34.3 Å². The van der Waals surface area contributed by atoms with Crippen molar-refractivity contribution < 1.29 is 0 Å². The summed E-state index contributed by atoms with van der Waals surface area (Å²) in [6.45, 7) is 2.13. The van der Waals surface area contributed by atoms with Crippen molar-refractivity contribution in [3.8, 4) is 10.6 Å². The quantitative estimate of drug-likeness (QED) is 0.742. The van der Waals surface area contributed by atoms with Gasteiger partial charge in [0.05, 0.1) is 5.69 Å². The zero-order valence-corrected chi connectivity index (χ0v) is 10.9. The molecular formula is C11H12ClNS2. The van der Waals surface area contributed by atoms with E-state index in [2.05, 4.69) is 28.0 Å². The number of hydrogen-bond acceptors (Lipinski definition) is 3. The molecule has 0 radical (unpaired) electrons. The summed E-state index contributed by atoms with van der Waals surface area (Å²) in [7, 11) is 0. The lowest BCUT2D eigenvalue weighted by Gasteiger charge is -1.93. The van der Waals surface area contributed by atoms with E-state index < -0.39 is 0 Å². The maximum absolute atomic E-state index is 5.66. The molecule has 0 fully saturated rings. The molecule has 0 atom stereocenters. The first-order chi connectivity index (χ1) is 7.31. The van der Waals surface area contributed by atoms with E-state index in [4.69, 9.17) is 11.6 Å². The molecule has 2 aromatic heterocycles. The summed E-state index contributed by atoms with van der Waals surface area (Å²) in [5, 5.41) is 7.60. The Labute approximate surface area is 103 Å². The second-order valence-corrected chi connectivity index (χ2v) is 5.38. The molecule has 0 bridgehead atoms. The smallest absolute Gasteiger partial charge is 0.124 e. The number of nitrogens with zero attached hydrogens (tertiary/aromatic N) is 1. The van der Waals surface area contributed by atoms with E-state index in [1.165, 1.54) is 16.8 Å². The van der Waals surface area contributed by atoms with Gasteiger partial charge in [0, 0.05) is 22.2 Å². The maximum Gasteiger partial charge on any atom is 0.124 e. The number of thiophene rings is 1. The van der Waals surface area contributed by atoms with Crippen molar-refractivity contribution in [1.29, 1.82) is 0 Å². The van der Waals surface area contributed by atoms with E-state index in [-0.39, 0.29) is 0 Å². The van der Waals surface area contributed by atoms with Crippen molar-refractivity contribution in [2.75, 3.05) is 5.88 Å². The van der Waals surface area contributed by atoms with Crippen LogP contribution in [0.3, 0.4) is 0 Å². The SMILES string of the molecule is Cc1cscc1-c1nc(CCCCl)cs1. The minimum atomic E-state index is 0.713. The van der Waals surface area contributed by atoms with Gasteiger partial charge in [0.25, 0.3) is 0 Å². The third kappa shape index (κ3) is 2.60. The van der Waals surface area contributed by atoms with Crippen LogP contribution in [0.15, 0.2) is 16.1 Å². The minimum Gasteiger partial charge on any atom is -0.241 e. The van der Waals surface area contributed by atoms with Gasteiger partial charge < -0.3 is 0 Å². The Hall–Kier alpha value is -0.380. The second-order valence-electron chi connectivity index (χ2n) is 3.41. The van der Waals surface area contributed by atoms with Gasteiger partial charge in [-0.2, -0.15) is 11.3 Å². The van der Waals surface area contributed by atoms with Gasteiger partial charge >= 0.3 is 0 Å². The Balaban J connectivity index is 2.17. The predicted molar refractivity (Wildman–Crippen MR) is 69.2 cm³/mol. The maximum atomic E-state index is 5.66. The Kier molecular flexibility index (Phi) is 3.78. The molecular weight excluding hydrogens is 246 g/mol. The third-order valence-corrected chi connectivity index (χ3v) is 4.26. The fourth-order valence-corrected chi connectivity index (χ4v) is 3.35. The zero-order chi connectivity index (χ0) is 10.7. The van der Waals surface area contributed by atoms with E-state index in [0.29, 0.717) is 5.88 Å². The molecule has 0 amide bonds. The van der Waals surface area contributed by atoms with Gasteiger partial charge in [-0.3, -0.25) is 0 Å². The molecule has 2 aromatic rings. The normalized spacial score (nSPS) is 10.8. The van der Waals surface area contributed by atoms with Gasteiger partial charge in [0.15, 0.2) is 0 Å². The molecule has 0 aliphatic heterocycles. The van der Waals surface area contributed by atoms with Gasteiger partial charge in [0.1, 0.15) is 5.01 Å². The lowest BCUT2D eigenvalue weighted by Crippen LogP contribution is -1.86. The number of aromatic nitrogens is 1. The Morgan fingerprint density at radius 2 is 2.20 bits per heavy atom. The number of hydrogen-bond donors (Lipinski definition) is 0. The van der Waals surface area contributed by atoms with Crippen molar-refractivity contribution in [3.63, 3.8) is 0 Å². The molecule has 0 spiro atoms. The van der Waals surface area contributed by atoms with Gasteiger partial charge in [-0.15, -0.1) is 22.9 Å². The van der Waals surface area contributed by atoms with E-state index in [0.717, 1.165) is 17.8 Å². The van der Waals surface area contributed by atoms with Gasteiger partial charge in [0.2, 0.25) is 0 Å². The van der Waals surface area contributed by atoms with Crippen molar-refractivity contribution >= 4 is 34.3 Å². The van der Waals surface area contributed by atoms with Crippen molar-refractivity contribution in [1.82, 2.24) is 4.98 Å². The number of rotatable bonds is 4. The minimum absolute atomic E-state index is 0.713. The van der Waals surface area contributed by atoms with Gasteiger partial charge in [-0.1, -0.05) is 0 Å². The summed E-state index contributed by atoms with van der Waals surface area (Å²) in [5.41, 5.74) is 3.77. The highest BCUT2D eigenvalue weighted by molar-refractivity contribution is 7.14. The number of halogens is 1. The lowest BCUT2D eigenvalue weighted by molar-refractivity contribution is 0.900. The fraction of sp³-hybridized carbons (Fsp3) is 0.364. The van der Waals surface area contributed by atoms with Crippen LogP contribution in [0, 0.1) is 6.92 Å². The molecule has 0 aliphatic carbocycles. The summed E-state index contributed by atoms with van der Waals surface area (Å²) in [5.74, 6) is 0.713. The number of thiazole rings is 1. The topological polar surface area (TPSA) is 12.9 Å². The van der Waals surface area contributed by atoms with Crippen LogP contribution in [0.25, 0.3) is 10.6 Å². The summed E-state index contributed by atoms with van der Waals surface area (Å²) in [4.78, 5) is 4.62. The van der Waals surface area contributed by atoms with Crippen LogP contribution in [0.1, 0.15) is 17.7 Å². The molecule has 4 heteroatoms. The van der Waals surface area contributed by atoms with Gasteiger partial charge in [-0.05, 0) is 30.7 Å². The summed E-state index contributed by atoms with van der Waals surface area (Å²) >= 11 is 9.12. The molecule has 2 heterocycles. The summed E-state index contributed by atoms with van der Waals surface area (Å²) in [6, 6.07) is 0. The average molecular weight is 258 g/mol. The molecule has 1 nitrogen and oxygen atoms in total. The molecule has 80 valence electrons. The largest absolute Gasteiger partial charge is 0.241 e. The third-order valence-electron chi connectivity index (χ3n) is 2.20. The van der Waals surface area contributed by atoms with Crippen molar-refractivity contribution in [2.24, 2.45) is 0 Å². The van der Waals surface area contributed by atoms with Crippen LogP contribution in [0.2, 0.25) is 0 Å². The van der Waals surface area contributed by atoms with Crippen LogP contribution in [-0.4, -0.2) is 10.9 Å². The van der Waals surface area contributed by atoms with Crippen LogP contribution in [0.4, 0.5) is 0 Å². The van der Waals surface area contributed by atoms with Crippen LogP contribution in [-0.2, 0) is 6.42 Å². The second kappa shape index (κ2) is 5.10. The first kappa shape index (κ1) is 11.1. The first-order valence-electron chi connectivity index (χ1n) is 4.85. The predicted octanol–water partition coefficient (Wildman–Crippen LogP) is 4.35. The molecule has 15 heavy (non-hydrogen) atoms. The highest BCUT2D eigenvalue weighted by Gasteiger charge is 2.07. The van der Waals surface area contributed by atoms with Crippen molar-refractivity contribution in [2.45, 2.75) is 19.8 Å². The Bertz CT molecular complexity index is 433. The first-order valence-corrected chi connectivity index (χ1v) is 7.20. The Morgan fingerprint density at radius 3 is 2.87 bits per heavy atom. The van der Waals surface area contributed by atoms with E-state index in [1.54, 1.807) is 22.7 Å². The Morgan fingerprint density at radius 1 is 1.33 bits per heavy atom. The average Bonchev–Trinajstić information content (AvgIpc) is 2.83. The van der Waals surface area contributed by atoms with E-state index in [1.807, 2.05) is 0 Å².